The Morgan fingerprint density at radius 1 is 0.952 bits per heavy atom. The second-order valence-electron chi connectivity index (χ2n) is 6.19. The Morgan fingerprint density at radius 3 is 2.29 bits per heavy atom. The lowest BCUT2D eigenvalue weighted by molar-refractivity contribution is -0.603. The van der Waals surface area contributed by atoms with Crippen molar-refractivity contribution in [3.8, 4) is 5.69 Å². The Kier molecular flexibility index (Phi) is 5.60. The highest BCUT2D eigenvalue weighted by Crippen LogP contribution is 2.17. The molecular formula is C19H29N2+. The minimum absolute atomic E-state index is 1.13. The molecule has 2 aromatic rings. The van der Waals surface area contributed by atoms with Crippen molar-refractivity contribution in [2.24, 2.45) is 0 Å². The van der Waals surface area contributed by atoms with Crippen molar-refractivity contribution < 1.29 is 4.57 Å². The third-order valence-corrected chi connectivity index (χ3v) is 4.16. The van der Waals surface area contributed by atoms with Gasteiger partial charge in [0.15, 0.2) is 0 Å². The van der Waals surface area contributed by atoms with Crippen LogP contribution in [-0.4, -0.2) is 4.98 Å². The molecule has 0 amide bonds. The predicted octanol–water partition coefficient (Wildman–Crippen LogP) is 4.73. The molecule has 2 rings (SSSR count). The monoisotopic (exact) mass is 285 g/mol. The van der Waals surface area contributed by atoms with Crippen LogP contribution in [0.15, 0.2) is 24.5 Å². The molecule has 0 saturated heterocycles. The molecule has 0 aliphatic carbocycles. The van der Waals surface area contributed by atoms with Crippen LogP contribution in [0.3, 0.4) is 0 Å². The molecule has 1 N–H and O–H groups in total. The number of benzene rings is 1. The number of nitrogens with one attached hydrogen (secondary N) is 1. The van der Waals surface area contributed by atoms with E-state index in [0.29, 0.717) is 0 Å². The normalized spacial score (nSPS) is 11.0. The number of H-pyrrole nitrogens is 1. The summed E-state index contributed by atoms with van der Waals surface area (Å²) in [6.07, 6.45) is 12.0. The van der Waals surface area contributed by atoms with Crippen molar-refractivity contribution in [2.75, 3.05) is 0 Å². The zero-order valence-corrected chi connectivity index (χ0v) is 14.0. The fraction of sp³-hybridized carbons (Fsp3) is 0.526. The first kappa shape index (κ1) is 15.8. The average Bonchev–Trinajstić information content (AvgIpc) is 2.86. The van der Waals surface area contributed by atoms with E-state index >= 15 is 0 Å². The molecule has 114 valence electrons. The Hall–Kier alpha value is -1.57. The second kappa shape index (κ2) is 7.44. The van der Waals surface area contributed by atoms with E-state index in [-0.39, 0.29) is 0 Å². The van der Waals surface area contributed by atoms with Gasteiger partial charge in [-0.1, -0.05) is 50.3 Å². The summed E-state index contributed by atoms with van der Waals surface area (Å²) >= 11 is 0. The molecule has 2 nitrogen and oxygen atoms in total. The van der Waals surface area contributed by atoms with Crippen molar-refractivity contribution in [3.63, 3.8) is 0 Å². The number of aromatic nitrogens is 2. The SMILES string of the molecule is CCCCCCCc1[nH]cc[n+]1-c1c(C)cc(C)cc1C. The van der Waals surface area contributed by atoms with Gasteiger partial charge < -0.3 is 0 Å². The number of unbranched alkanes of at least 4 members (excludes halogenated alkanes) is 4. The number of nitrogens with zero attached hydrogens (tertiary/aromatic N) is 1. The third kappa shape index (κ3) is 3.96. The van der Waals surface area contributed by atoms with Gasteiger partial charge in [-0.2, -0.15) is 4.57 Å². The van der Waals surface area contributed by atoms with Gasteiger partial charge >= 0.3 is 0 Å². The first-order chi connectivity index (χ1) is 10.1. The molecule has 0 aliphatic heterocycles. The first-order valence-electron chi connectivity index (χ1n) is 8.29. The maximum atomic E-state index is 3.43. The van der Waals surface area contributed by atoms with E-state index in [2.05, 4.69) is 61.8 Å². The zero-order chi connectivity index (χ0) is 15.2. The molecule has 0 fully saturated rings. The summed E-state index contributed by atoms with van der Waals surface area (Å²) in [5.74, 6) is 1.32. The second-order valence-corrected chi connectivity index (χ2v) is 6.19. The highest BCUT2D eigenvalue weighted by molar-refractivity contribution is 5.43. The van der Waals surface area contributed by atoms with E-state index in [1.54, 1.807) is 0 Å². The number of rotatable bonds is 7. The molecule has 1 heterocycles. The zero-order valence-electron chi connectivity index (χ0n) is 14.0. The molecular weight excluding hydrogens is 256 g/mol. The fourth-order valence-electron chi connectivity index (χ4n) is 3.22. The van der Waals surface area contributed by atoms with Gasteiger partial charge in [-0.05, 0) is 38.3 Å². The lowest BCUT2D eigenvalue weighted by Crippen LogP contribution is -2.35. The van der Waals surface area contributed by atoms with E-state index in [1.807, 2.05) is 0 Å². The van der Waals surface area contributed by atoms with Gasteiger partial charge in [0, 0.05) is 6.42 Å². The Morgan fingerprint density at radius 2 is 1.62 bits per heavy atom. The molecule has 1 aromatic heterocycles. The van der Waals surface area contributed by atoms with E-state index < -0.39 is 0 Å². The van der Waals surface area contributed by atoms with E-state index in [1.165, 1.54) is 60.3 Å². The Bertz CT molecular complexity index is 558. The Labute approximate surface area is 129 Å². The maximum Gasteiger partial charge on any atom is 0.259 e. The molecule has 0 bridgehead atoms. The highest BCUT2D eigenvalue weighted by Gasteiger charge is 2.17. The van der Waals surface area contributed by atoms with Crippen LogP contribution in [0.4, 0.5) is 0 Å². The van der Waals surface area contributed by atoms with Crippen LogP contribution in [0.25, 0.3) is 5.69 Å². The molecule has 0 unspecified atom stereocenters. The summed E-state index contributed by atoms with van der Waals surface area (Å²) in [4.78, 5) is 3.43. The molecule has 0 spiro atoms. The molecule has 0 atom stereocenters. The van der Waals surface area contributed by atoms with E-state index in [0.717, 1.165) is 6.42 Å². The topological polar surface area (TPSA) is 19.7 Å². The molecule has 0 saturated carbocycles. The van der Waals surface area contributed by atoms with Gasteiger partial charge in [0.2, 0.25) is 0 Å². The van der Waals surface area contributed by atoms with Crippen LogP contribution in [-0.2, 0) is 6.42 Å². The minimum atomic E-state index is 1.13. The number of aromatic amines is 1. The van der Waals surface area contributed by atoms with Crippen molar-refractivity contribution in [2.45, 2.75) is 66.2 Å². The third-order valence-electron chi connectivity index (χ3n) is 4.16. The van der Waals surface area contributed by atoms with Gasteiger partial charge in [0.25, 0.3) is 5.82 Å². The van der Waals surface area contributed by atoms with Gasteiger partial charge in [-0.25, -0.2) is 4.98 Å². The minimum Gasteiger partial charge on any atom is -0.247 e. The summed E-state index contributed by atoms with van der Waals surface area (Å²) in [5, 5.41) is 0. The average molecular weight is 285 g/mol. The first-order valence-corrected chi connectivity index (χ1v) is 8.29. The fourth-order valence-corrected chi connectivity index (χ4v) is 3.22. The molecule has 1 aromatic carbocycles. The van der Waals surface area contributed by atoms with Gasteiger partial charge in [0.05, 0.1) is 0 Å². The van der Waals surface area contributed by atoms with Gasteiger partial charge in [0.1, 0.15) is 18.1 Å². The van der Waals surface area contributed by atoms with E-state index in [9.17, 15) is 0 Å². The number of hydrogen-bond donors (Lipinski definition) is 1. The van der Waals surface area contributed by atoms with Crippen LogP contribution in [0.5, 0.6) is 0 Å². The summed E-state index contributed by atoms with van der Waals surface area (Å²) in [7, 11) is 0. The van der Waals surface area contributed by atoms with E-state index in [4.69, 9.17) is 0 Å². The van der Waals surface area contributed by atoms with Crippen LogP contribution < -0.4 is 4.57 Å². The lowest BCUT2D eigenvalue weighted by atomic mass is 10.0. The number of aryl methyl sites for hydroxylation is 4. The van der Waals surface area contributed by atoms with Gasteiger partial charge in [-0.3, -0.25) is 0 Å². The summed E-state index contributed by atoms with van der Waals surface area (Å²) in [5.41, 5.74) is 5.38. The molecule has 2 heteroatoms. The smallest absolute Gasteiger partial charge is 0.247 e. The summed E-state index contributed by atoms with van der Waals surface area (Å²) in [6.45, 7) is 8.85. The number of imidazole rings is 1. The van der Waals surface area contributed by atoms with Crippen molar-refractivity contribution in [1.82, 2.24) is 4.98 Å². The quantitative estimate of drug-likeness (QED) is 0.560. The molecule has 0 radical (unpaired) electrons. The van der Waals surface area contributed by atoms with Crippen LogP contribution >= 0.6 is 0 Å². The van der Waals surface area contributed by atoms with Crippen molar-refractivity contribution in [3.05, 3.63) is 47.0 Å². The predicted molar refractivity (Wildman–Crippen MR) is 89.0 cm³/mol. The summed E-state index contributed by atoms with van der Waals surface area (Å²) < 4.78 is 2.34. The van der Waals surface area contributed by atoms with Crippen molar-refractivity contribution >= 4 is 0 Å². The molecule has 0 aliphatic rings. The van der Waals surface area contributed by atoms with Crippen LogP contribution in [0.1, 0.15) is 61.5 Å². The number of hydrogen-bond acceptors (Lipinski definition) is 0. The lowest BCUT2D eigenvalue weighted by Gasteiger charge is -2.09. The van der Waals surface area contributed by atoms with Crippen LogP contribution in [0.2, 0.25) is 0 Å². The van der Waals surface area contributed by atoms with Crippen molar-refractivity contribution in [1.29, 1.82) is 0 Å². The van der Waals surface area contributed by atoms with Crippen LogP contribution in [0, 0.1) is 20.8 Å². The van der Waals surface area contributed by atoms with Gasteiger partial charge in [-0.15, -0.1) is 0 Å². The standard InChI is InChI=1S/C19H28N2/c1-5-6-7-8-9-10-18-20-11-12-21(18)19-16(3)13-15(2)14-17(19)4/h11-14H,5-10H2,1-4H3/p+1. The highest BCUT2D eigenvalue weighted by atomic mass is 15.1. The Balaban J connectivity index is 2.13. The maximum absolute atomic E-state index is 3.43. The molecule has 21 heavy (non-hydrogen) atoms. The summed E-state index contributed by atoms with van der Waals surface area (Å²) in [6, 6.07) is 4.54. The largest absolute Gasteiger partial charge is 0.259 e.